The molecule has 18 heavy (non-hydrogen) atoms. The lowest BCUT2D eigenvalue weighted by Crippen LogP contribution is -2.35. The normalized spacial score (nSPS) is 19.7. The zero-order valence-corrected chi connectivity index (χ0v) is 11.8. The highest BCUT2D eigenvalue weighted by Gasteiger charge is 2.13. The summed E-state index contributed by atoms with van der Waals surface area (Å²) in [4.78, 5) is 14.3. The molecule has 1 aliphatic rings. The molecule has 1 fully saturated rings. The molecule has 1 saturated heterocycles. The van der Waals surface area contributed by atoms with Crippen LogP contribution >= 0.6 is 11.3 Å². The summed E-state index contributed by atoms with van der Waals surface area (Å²) < 4.78 is 0. The number of carbonyl (C=O) groups excluding carboxylic acids is 1. The van der Waals surface area contributed by atoms with E-state index in [1.54, 1.807) is 11.3 Å². The van der Waals surface area contributed by atoms with Gasteiger partial charge in [0.15, 0.2) is 0 Å². The number of hydrogen-bond acceptors (Lipinski definition) is 3. The Morgan fingerprint density at radius 3 is 3.06 bits per heavy atom. The maximum Gasteiger partial charge on any atom is 0.220 e. The van der Waals surface area contributed by atoms with Crippen LogP contribution in [0.5, 0.6) is 0 Å². The first-order valence-corrected chi connectivity index (χ1v) is 7.61. The summed E-state index contributed by atoms with van der Waals surface area (Å²) in [6.07, 6.45) is 5.41. The third kappa shape index (κ3) is 4.42. The van der Waals surface area contributed by atoms with Gasteiger partial charge in [-0.2, -0.15) is 0 Å². The SMILES string of the molecule is Cc1ccc(CNC(=O)CCC2CCCCN2)s1. The van der Waals surface area contributed by atoms with Gasteiger partial charge in [0.1, 0.15) is 0 Å². The first kappa shape index (κ1) is 13.6. The molecule has 0 aliphatic carbocycles. The van der Waals surface area contributed by atoms with Crippen molar-refractivity contribution in [2.45, 2.75) is 51.6 Å². The Kier molecular flexibility index (Phi) is 5.20. The molecule has 2 rings (SSSR count). The van der Waals surface area contributed by atoms with E-state index in [1.165, 1.54) is 29.0 Å². The lowest BCUT2D eigenvalue weighted by Gasteiger charge is -2.22. The fraction of sp³-hybridized carbons (Fsp3) is 0.643. The topological polar surface area (TPSA) is 41.1 Å². The maximum atomic E-state index is 11.7. The van der Waals surface area contributed by atoms with E-state index in [4.69, 9.17) is 0 Å². The van der Waals surface area contributed by atoms with E-state index in [9.17, 15) is 4.79 Å². The minimum atomic E-state index is 0.174. The molecule has 3 nitrogen and oxygen atoms in total. The van der Waals surface area contributed by atoms with Crippen LogP contribution in [0.25, 0.3) is 0 Å². The molecule has 0 aromatic carbocycles. The van der Waals surface area contributed by atoms with Crippen LogP contribution in [0.15, 0.2) is 12.1 Å². The Balaban J connectivity index is 1.62. The van der Waals surface area contributed by atoms with Crippen LogP contribution in [0.4, 0.5) is 0 Å². The minimum absolute atomic E-state index is 0.174. The van der Waals surface area contributed by atoms with E-state index in [0.29, 0.717) is 19.0 Å². The van der Waals surface area contributed by atoms with Gasteiger partial charge in [0.2, 0.25) is 5.91 Å². The molecule has 1 aromatic rings. The highest BCUT2D eigenvalue weighted by atomic mass is 32.1. The quantitative estimate of drug-likeness (QED) is 0.860. The first-order valence-electron chi connectivity index (χ1n) is 6.79. The highest BCUT2D eigenvalue weighted by Crippen LogP contribution is 2.15. The van der Waals surface area contributed by atoms with Crippen LogP contribution < -0.4 is 10.6 Å². The summed E-state index contributed by atoms with van der Waals surface area (Å²) in [5.74, 6) is 0.174. The Bertz CT molecular complexity index is 383. The Hall–Kier alpha value is -0.870. The molecule has 0 bridgehead atoms. The molecule has 1 aliphatic heterocycles. The van der Waals surface area contributed by atoms with Crippen molar-refractivity contribution in [3.05, 3.63) is 21.9 Å². The molecule has 1 aromatic heterocycles. The van der Waals surface area contributed by atoms with Gasteiger partial charge in [0.25, 0.3) is 0 Å². The lowest BCUT2D eigenvalue weighted by molar-refractivity contribution is -0.121. The fourth-order valence-electron chi connectivity index (χ4n) is 2.33. The number of nitrogens with one attached hydrogen (secondary N) is 2. The van der Waals surface area contributed by atoms with Gasteiger partial charge in [-0.25, -0.2) is 0 Å². The van der Waals surface area contributed by atoms with Crippen LogP contribution in [0.1, 0.15) is 41.9 Å². The van der Waals surface area contributed by atoms with Gasteiger partial charge in [-0.1, -0.05) is 6.42 Å². The van der Waals surface area contributed by atoms with E-state index in [-0.39, 0.29) is 5.91 Å². The standard InChI is InChI=1S/C14H22N2OS/c1-11-5-7-13(18-11)10-16-14(17)8-6-12-4-2-3-9-15-12/h5,7,12,15H,2-4,6,8-10H2,1H3,(H,16,17). The number of rotatable bonds is 5. The van der Waals surface area contributed by atoms with Crippen LogP contribution in [0.3, 0.4) is 0 Å². The molecule has 0 radical (unpaired) electrons. The summed E-state index contributed by atoms with van der Waals surface area (Å²) >= 11 is 1.75. The van der Waals surface area contributed by atoms with Crippen LogP contribution in [-0.2, 0) is 11.3 Å². The fourth-order valence-corrected chi connectivity index (χ4v) is 3.16. The van der Waals surface area contributed by atoms with Crippen molar-refractivity contribution in [2.24, 2.45) is 0 Å². The van der Waals surface area contributed by atoms with Crippen molar-refractivity contribution in [3.63, 3.8) is 0 Å². The number of carbonyl (C=O) groups is 1. The van der Waals surface area contributed by atoms with E-state index in [0.717, 1.165) is 13.0 Å². The number of thiophene rings is 1. The van der Waals surface area contributed by atoms with E-state index < -0.39 is 0 Å². The predicted octanol–water partition coefficient (Wildman–Crippen LogP) is 2.60. The molecular formula is C14H22N2OS. The van der Waals surface area contributed by atoms with Crippen molar-refractivity contribution in [1.29, 1.82) is 0 Å². The van der Waals surface area contributed by atoms with E-state index in [1.807, 2.05) is 0 Å². The second kappa shape index (κ2) is 6.90. The third-order valence-electron chi connectivity index (χ3n) is 3.39. The summed E-state index contributed by atoms with van der Waals surface area (Å²) in [7, 11) is 0. The van der Waals surface area contributed by atoms with Gasteiger partial charge in [-0.15, -0.1) is 11.3 Å². The molecule has 0 spiro atoms. The van der Waals surface area contributed by atoms with Crippen molar-refractivity contribution < 1.29 is 4.79 Å². The molecule has 1 amide bonds. The molecule has 1 unspecified atom stereocenters. The Morgan fingerprint density at radius 1 is 1.50 bits per heavy atom. The van der Waals surface area contributed by atoms with Gasteiger partial charge in [-0.05, 0) is 44.9 Å². The number of piperidine rings is 1. The van der Waals surface area contributed by atoms with Crippen LogP contribution in [0.2, 0.25) is 0 Å². The van der Waals surface area contributed by atoms with Crippen LogP contribution in [0, 0.1) is 6.92 Å². The molecule has 0 saturated carbocycles. The molecular weight excluding hydrogens is 244 g/mol. The van der Waals surface area contributed by atoms with Gasteiger partial charge < -0.3 is 10.6 Å². The van der Waals surface area contributed by atoms with Crippen molar-refractivity contribution in [1.82, 2.24) is 10.6 Å². The van der Waals surface area contributed by atoms with Gasteiger partial charge in [-0.3, -0.25) is 4.79 Å². The van der Waals surface area contributed by atoms with Gasteiger partial charge in [0, 0.05) is 22.2 Å². The molecule has 2 heterocycles. The summed E-state index contributed by atoms with van der Waals surface area (Å²) in [5, 5.41) is 6.47. The Morgan fingerprint density at radius 2 is 2.39 bits per heavy atom. The summed E-state index contributed by atoms with van der Waals surface area (Å²) in [6.45, 7) is 3.88. The van der Waals surface area contributed by atoms with Gasteiger partial charge in [0.05, 0.1) is 6.54 Å². The first-order chi connectivity index (χ1) is 8.74. The second-order valence-electron chi connectivity index (χ2n) is 4.97. The number of hydrogen-bond donors (Lipinski definition) is 2. The minimum Gasteiger partial charge on any atom is -0.351 e. The molecule has 100 valence electrons. The lowest BCUT2D eigenvalue weighted by atomic mass is 10.0. The van der Waals surface area contributed by atoms with Gasteiger partial charge >= 0.3 is 0 Å². The summed E-state index contributed by atoms with van der Waals surface area (Å²) in [5.41, 5.74) is 0. The number of aryl methyl sites for hydroxylation is 1. The smallest absolute Gasteiger partial charge is 0.220 e. The Labute approximate surface area is 113 Å². The monoisotopic (exact) mass is 266 g/mol. The van der Waals surface area contributed by atoms with Crippen molar-refractivity contribution in [2.75, 3.05) is 6.54 Å². The van der Waals surface area contributed by atoms with Crippen LogP contribution in [-0.4, -0.2) is 18.5 Å². The molecule has 4 heteroatoms. The number of amides is 1. The highest BCUT2D eigenvalue weighted by molar-refractivity contribution is 7.11. The van der Waals surface area contributed by atoms with E-state index >= 15 is 0 Å². The second-order valence-corrected chi connectivity index (χ2v) is 6.35. The van der Waals surface area contributed by atoms with Crippen molar-refractivity contribution >= 4 is 17.2 Å². The average Bonchev–Trinajstić information content (AvgIpc) is 2.81. The zero-order valence-electron chi connectivity index (χ0n) is 11.0. The molecule has 1 atom stereocenters. The largest absolute Gasteiger partial charge is 0.351 e. The zero-order chi connectivity index (χ0) is 12.8. The van der Waals surface area contributed by atoms with Crippen molar-refractivity contribution in [3.8, 4) is 0 Å². The predicted molar refractivity (Wildman–Crippen MR) is 75.8 cm³/mol. The summed E-state index contributed by atoms with van der Waals surface area (Å²) in [6, 6.07) is 4.73. The maximum absolute atomic E-state index is 11.7. The van der Waals surface area contributed by atoms with E-state index in [2.05, 4.69) is 29.7 Å². The average molecular weight is 266 g/mol. The molecule has 2 N–H and O–H groups in total. The third-order valence-corrected chi connectivity index (χ3v) is 4.39.